The van der Waals surface area contributed by atoms with Crippen LogP contribution < -0.4 is 20.3 Å². The number of ether oxygens (including phenoxy) is 1. The zero-order valence-electron chi connectivity index (χ0n) is 19.9. The number of hydrogen-bond acceptors (Lipinski definition) is 5. The number of rotatable bonds is 7. The highest BCUT2D eigenvalue weighted by Gasteiger charge is 2.43. The Hall–Kier alpha value is -3.23. The number of aromatic nitrogens is 1. The van der Waals surface area contributed by atoms with Gasteiger partial charge in [0.05, 0.1) is 5.56 Å². The van der Waals surface area contributed by atoms with E-state index in [-0.39, 0.29) is 35.7 Å². The summed E-state index contributed by atoms with van der Waals surface area (Å²) in [5.41, 5.74) is -0.761. The van der Waals surface area contributed by atoms with Crippen LogP contribution >= 0.6 is 0 Å². The standard InChI is InChI=1S/C26H30F2N4O3/c1-26(2,35-22-9-4-16(27)11-21(22)28)25(34)31-18-12-19-7-8-20(13-18)32(19)23-10-3-15(14-29-23)24(33)30-17-5-6-17/h3-4,9-11,14,17-20H,5-8,12-13H2,1-2H3,(H,30,33)(H,31,34)/t18?,19-,20+. The van der Waals surface area contributed by atoms with Gasteiger partial charge in [-0.05, 0) is 76.6 Å². The van der Waals surface area contributed by atoms with Crippen LogP contribution in [0.3, 0.4) is 0 Å². The van der Waals surface area contributed by atoms with Gasteiger partial charge in [0.25, 0.3) is 11.8 Å². The molecule has 2 aliphatic heterocycles. The van der Waals surface area contributed by atoms with E-state index in [4.69, 9.17) is 4.74 Å². The average Bonchev–Trinajstić information content (AvgIpc) is 3.58. The van der Waals surface area contributed by atoms with E-state index >= 15 is 0 Å². The van der Waals surface area contributed by atoms with E-state index < -0.39 is 17.2 Å². The summed E-state index contributed by atoms with van der Waals surface area (Å²) >= 11 is 0. The topological polar surface area (TPSA) is 83.6 Å². The second-order valence-electron chi connectivity index (χ2n) is 10.3. The molecule has 2 aromatic rings. The van der Waals surface area contributed by atoms with Crippen molar-refractivity contribution in [2.75, 3.05) is 4.90 Å². The lowest BCUT2D eigenvalue weighted by Crippen LogP contribution is -2.55. The molecule has 1 unspecified atom stereocenters. The number of fused-ring (bicyclic) bond motifs is 2. The number of nitrogens with one attached hydrogen (secondary N) is 2. The summed E-state index contributed by atoms with van der Waals surface area (Å²) in [5, 5.41) is 6.05. The minimum atomic E-state index is -1.33. The van der Waals surface area contributed by atoms with Crippen LogP contribution in [0.1, 0.15) is 62.7 Å². The van der Waals surface area contributed by atoms with E-state index in [1.807, 2.05) is 12.1 Å². The summed E-state index contributed by atoms with van der Waals surface area (Å²) in [6.45, 7) is 3.14. The lowest BCUT2D eigenvalue weighted by Gasteiger charge is -2.40. The molecule has 3 fully saturated rings. The molecular weight excluding hydrogens is 454 g/mol. The van der Waals surface area contributed by atoms with Gasteiger partial charge in [0.15, 0.2) is 17.2 Å². The number of amides is 2. The Kier molecular flexibility index (Phi) is 6.11. The first-order chi connectivity index (χ1) is 16.7. The Morgan fingerprint density at radius 3 is 2.31 bits per heavy atom. The van der Waals surface area contributed by atoms with Crippen LogP contribution in [0.25, 0.3) is 0 Å². The summed E-state index contributed by atoms with van der Waals surface area (Å²) in [5.74, 6) is -1.29. The Labute approximate surface area is 203 Å². The van der Waals surface area contributed by atoms with Gasteiger partial charge in [-0.1, -0.05) is 0 Å². The molecule has 7 nitrogen and oxygen atoms in total. The second kappa shape index (κ2) is 9.09. The van der Waals surface area contributed by atoms with Crippen LogP contribution in [0.5, 0.6) is 5.75 Å². The van der Waals surface area contributed by atoms with E-state index in [2.05, 4.69) is 20.5 Å². The molecule has 35 heavy (non-hydrogen) atoms. The van der Waals surface area contributed by atoms with Crippen molar-refractivity contribution >= 4 is 17.6 Å². The summed E-state index contributed by atoms with van der Waals surface area (Å²) in [4.78, 5) is 32.1. The van der Waals surface area contributed by atoms with Crippen LogP contribution in [0.4, 0.5) is 14.6 Å². The van der Waals surface area contributed by atoms with E-state index in [1.54, 1.807) is 20.0 Å². The van der Waals surface area contributed by atoms with Crippen molar-refractivity contribution in [3.63, 3.8) is 0 Å². The maximum absolute atomic E-state index is 14.0. The van der Waals surface area contributed by atoms with Crippen LogP contribution in [0.2, 0.25) is 0 Å². The van der Waals surface area contributed by atoms with Crippen molar-refractivity contribution in [2.45, 2.75) is 82.1 Å². The van der Waals surface area contributed by atoms with E-state index in [0.717, 1.165) is 56.5 Å². The second-order valence-corrected chi connectivity index (χ2v) is 10.3. The summed E-state index contributed by atoms with van der Waals surface area (Å²) < 4.78 is 32.8. The maximum atomic E-state index is 14.0. The van der Waals surface area contributed by atoms with Crippen molar-refractivity contribution in [2.24, 2.45) is 0 Å². The smallest absolute Gasteiger partial charge is 0.263 e. The SMILES string of the molecule is CC(C)(Oc1ccc(F)cc1F)C(=O)NC1C[C@H]2CC[C@@H](C1)N2c1ccc(C(=O)NC2CC2)cn1. The fourth-order valence-corrected chi connectivity index (χ4v) is 5.08. The Bertz CT molecular complexity index is 1110. The average molecular weight is 485 g/mol. The number of piperidine rings is 1. The third kappa shape index (κ3) is 5.09. The molecule has 3 aliphatic rings. The molecule has 1 aromatic heterocycles. The van der Waals surface area contributed by atoms with Crippen molar-refractivity contribution in [1.82, 2.24) is 15.6 Å². The molecule has 2 amide bonds. The van der Waals surface area contributed by atoms with Gasteiger partial charge in [0.1, 0.15) is 11.6 Å². The van der Waals surface area contributed by atoms with Crippen molar-refractivity contribution in [3.8, 4) is 5.75 Å². The van der Waals surface area contributed by atoms with Crippen molar-refractivity contribution in [1.29, 1.82) is 0 Å². The van der Waals surface area contributed by atoms with Gasteiger partial charge in [-0.25, -0.2) is 13.8 Å². The Balaban J connectivity index is 1.20. The zero-order chi connectivity index (χ0) is 24.7. The summed E-state index contributed by atoms with van der Waals surface area (Å²) in [6.07, 6.45) is 7.24. The minimum Gasteiger partial charge on any atom is -0.475 e. The van der Waals surface area contributed by atoms with Crippen LogP contribution in [-0.2, 0) is 4.79 Å². The van der Waals surface area contributed by atoms with Crippen molar-refractivity contribution < 1.29 is 23.1 Å². The summed E-state index contributed by atoms with van der Waals surface area (Å²) in [7, 11) is 0. The van der Waals surface area contributed by atoms with Gasteiger partial charge in [-0.2, -0.15) is 0 Å². The van der Waals surface area contributed by atoms with E-state index in [1.165, 1.54) is 6.07 Å². The van der Waals surface area contributed by atoms with Gasteiger partial charge in [0.2, 0.25) is 0 Å². The number of pyridine rings is 1. The lowest BCUT2D eigenvalue weighted by atomic mass is 9.96. The molecule has 3 atom stereocenters. The molecule has 0 spiro atoms. The highest BCUT2D eigenvalue weighted by atomic mass is 19.1. The predicted octanol–water partition coefficient (Wildman–Crippen LogP) is 3.73. The van der Waals surface area contributed by atoms with E-state index in [0.29, 0.717) is 11.6 Å². The molecule has 0 radical (unpaired) electrons. The molecule has 1 aromatic carbocycles. The zero-order valence-corrected chi connectivity index (χ0v) is 19.9. The number of anilines is 1. The molecule has 2 N–H and O–H groups in total. The van der Waals surface area contributed by atoms with Gasteiger partial charge >= 0.3 is 0 Å². The monoisotopic (exact) mass is 484 g/mol. The number of halogens is 2. The summed E-state index contributed by atoms with van der Waals surface area (Å²) in [6, 6.07) is 7.47. The normalized spacial score (nSPS) is 23.7. The largest absolute Gasteiger partial charge is 0.475 e. The Morgan fingerprint density at radius 1 is 1.00 bits per heavy atom. The van der Waals surface area contributed by atoms with Gasteiger partial charge in [-0.15, -0.1) is 0 Å². The molecule has 1 saturated carbocycles. The molecular formula is C26H30F2N4O3. The maximum Gasteiger partial charge on any atom is 0.263 e. The fraction of sp³-hybridized carbons (Fsp3) is 0.500. The molecule has 5 rings (SSSR count). The van der Waals surface area contributed by atoms with Gasteiger partial charge in [0, 0.05) is 36.4 Å². The molecule has 3 heterocycles. The number of hydrogen-bond donors (Lipinski definition) is 2. The van der Waals surface area contributed by atoms with Crippen LogP contribution in [-0.4, -0.2) is 46.6 Å². The first kappa shape index (κ1) is 23.5. The third-order valence-corrected chi connectivity index (χ3v) is 7.06. The molecule has 1 aliphatic carbocycles. The molecule has 9 heteroatoms. The van der Waals surface area contributed by atoms with Crippen molar-refractivity contribution in [3.05, 3.63) is 53.7 Å². The Morgan fingerprint density at radius 2 is 1.71 bits per heavy atom. The predicted molar refractivity (Wildman–Crippen MR) is 126 cm³/mol. The van der Waals surface area contributed by atoms with Gasteiger partial charge in [-0.3, -0.25) is 9.59 Å². The minimum absolute atomic E-state index is 0.0409. The first-order valence-corrected chi connectivity index (χ1v) is 12.2. The highest BCUT2D eigenvalue weighted by Crippen LogP contribution is 2.39. The quantitative estimate of drug-likeness (QED) is 0.626. The molecule has 2 bridgehead atoms. The molecule has 186 valence electrons. The molecule has 2 saturated heterocycles. The number of carbonyl (C=O) groups is 2. The first-order valence-electron chi connectivity index (χ1n) is 12.2. The highest BCUT2D eigenvalue weighted by molar-refractivity contribution is 5.94. The third-order valence-electron chi connectivity index (χ3n) is 7.06. The van der Waals surface area contributed by atoms with Crippen LogP contribution in [0.15, 0.2) is 36.5 Å². The number of nitrogens with zero attached hydrogens (tertiary/aromatic N) is 2. The van der Waals surface area contributed by atoms with Gasteiger partial charge < -0.3 is 20.3 Å². The fourth-order valence-electron chi connectivity index (χ4n) is 5.08. The lowest BCUT2D eigenvalue weighted by molar-refractivity contribution is -0.135. The van der Waals surface area contributed by atoms with E-state index in [9.17, 15) is 18.4 Å². The number of carbonyl (C=O) groups excluding carboxylic acids is 2. The van der Waals surface area contributed by atoms with Crippen LogP contribution in [0, 0.1) is 11.6 Å². The number of benzene rings is 1.